The summed E-state index contributed by atoms with van der Waals surface area (Å²) in [6.45, 7) is 5.46. The van der Waals surface area contributed by atoms with Gasteiger partial charge in [0.05, 0.1) is 0 Å². The van der Waals surface area contributed by atoms with Crippen LogP contribution in [0.2, 0.25) is 0 Å². The van der Waals surface area contributed by atoms with E-state index in [9.17, 15) is 14.4 Å². The third-order valence-corrected chi connectivity index (χ3v) is 2.24. The minimum absolute atomic E-state index is 0.213. The van der Waals surface area contributed by atoms with Crippen LogP contribution in [-0.4, -0.2) is 17.9 Å². The fourth-order valence-corrected chi connectivity index (χ4v) is 1.60. The van der Waals surface area contributed by atoms with Crippen LogP contribution in [0.4, 0.5) is 0 Å². The van der Waals surface area contributed by atoms with Gasteiger partial charge in [-0.2, -0.15) is 0 Å². The van der Waals surface area contributed by atoms with Crippen molar-refractivity contribution in [2.75, 3.05) is 0 Å². The van der Waals surface area contributed by atoms with Gasteiger partial charge in [0.25, 0.3) is 0 Å². The number of ether oxygens (including phenoxy) is 3. The topological polar surface area (TPSA) is 78.9 Å². The molecule has 0 amide bonds. The molecule has 20 heavy (non-hydrogen) atoms. The number of hydrogen-bond donors (Lipinski definition) is 0. The van der Waals surface area contributed by atoms with E-state index in [1.165, 1.54) is 26.8 Å². The van der Waals surface area contributed by atoms with Gasteiger partial charge in [0, 0.05) is 26.8 Å². The van der Waals surface area contributed by atoms with E-state index in [1.807, 2.05) is 0 Å². The van der Waals surface area contributed by atoms with Crippen LogP contribution in [0.1, 0.15) is 39.4 Å². The lowest BCUT2D eigenvalue weighted by Crippen LogP contribution is -2.08. The number of esters is 3. The summed E-state index contributed by atoms with van der Waals surface area (Å²) in [4.78, 5) is 32.9. The van der Waals surface area contributed by atoms with Crippen molar-refractivity contribution in [2.24, 2.45) is 0 Å². The van der Waals surface area contributed by atoms with Gasteiger partial charge >= 0.3 is 17.9 Å². The van der Waals surface area contributed by atoms with Crippen LogP contribution in [0.15, 0.2) is 18.2 Å². The first-order valence-electron chi connectivity index (χ1n) is 5.97. The minimum Gasteiger partial charge on any atom is -0.458 e. The Bertz CT molecular complexity index is 500. The molecule has 0 heterocycles. The smallest absolute Gasteiger partial charge is 0.308 e. The molecule has 0 saturated carbocycles. The van der Waals surface area contributed by atoms with Gasteiger partial charge in [0.15, 0.2) is 0 Å². The molecule has 108 valence electrons. The number of carbonyl (C=O) groups is 3. The average molecular weight is 280 g/mol. The molecule has 1 aromatic rings. The van der Waals surface area contributed by atoms with Crippen LogP contribution in [0.25, 0.3) is 0 Å². The van der Waals surface area contributed by atoms with Crippen LogP contribution < -0.4 is 9.47 Å². The molecule has 0 fully saturated rings. The fraction of sp³-hybridized carbons (Fsp3) is 0.357. The Morgan fingerprint density at radius 1 is 0.850 bits per heavy atom. The second kappa shape index (κ2) is 6.70. The highest BCUT2D eigenvalue weighted by Crippen LogP contribution is 2.28. The molecular formula is C14H16O6. The van der Waals surface area contributed by atoms with Crippen LogP contribution >= 0.6 is 0 Å². The summed E-state index contributed by atoms with van der Waals surface area (Å²) < 4.78 is 15.0. The predicted octanol–water partition coefficient (Wildman–Crippen LogP) is 2.16. The Morgan fingerprint density at radius 2 is 1.30 bits per heavy atom. The second-order valence-electron chi connectivity index (χ2n) is 4.18. The van der Waals surface area contributed by atoms with Gasteiger partial charge in [-0.05, 0) is 24.6 Å². The van der Waals surface area contributed by atoms with Crippen LogP contribution in [0.5, 0.6) is 11.5 Å². The van der Waals surface area contributed by atoms with Gasteiger partial charge < -0.3 is 14.2 Å². The molecular weight excluding hydrogens is 264 g/mol. The monoisotopic (exact) mass is 280 g/mol. The van der Waals surface area contributed by atoms with Crippen molar-refractivity contribution in [2.45, 2.75) is 33.8 Å². The van der Waals surface area contributed by atoms with Gasteiger partial charge in [0.1, 0.15) is 17.6 Å². The highest BCUT2D eigenvalue weighted by molar-refractivity contribution is 5.71. The van der Waals surface area contributed by atoms with Crippen molar-refractivity contribution in [3.63, 3.8) is 0 Å². The maximum atomic E-state index is 11.0. The highest BCUT2D eigenvalue weighted by Gasteiger charge is 2.14. The summed E-state index contributed by atoms with van der Waals surface area (Å²) in [7, 11) is 0. The standard InChI is InChI=1S/C14H16O6/c1-8(18-9(2)15)12-5-13(19-10(3)16)7-14(6-12)20-11(4)17/h5-8H,1-4H3. The van der Waals surface area contributed by atoms with E-state index >= 15 is 0 Å². The molecule has 0 bridgehead atoms. The lowest BCUT2D eigenvalue weighted by Gasteiger charge is -2.15. The van der Waals surface area contributed by atoms with Gasteiger partial charge in [-0.25, -0.2) is 0 Å². The van der Waals surface area contributed by atoms with Crippen molar-refractivity contribution in [1.82, 2.24) is 0 Å². The molecule has 0 aliphatic carbocycles. The van der Waals surface area contributed by atoms with Crippen molar-refractivity contribution in [1.29, 1.82) is 0 Å². The first kappa shape index (κ1) is 15.7. The van der Waals surface area contributed by atoms with E-state index in [2.05, 4.69) is 0 Å². The molecule has 1 rings (SSSR count). The molecule has 0 N–H and O–H groups in total. The molecule has 6 nitrogen and oxygen atoms in total. The van der Waals surface area contributed by atoms with Gasteiger partial charge in [-0.3, -0.25) is 14.4 Å². The zero-order valence-electron chi connectivity index (χ0n) is 11.8. The van der Waals surface area contributed by atoms with Gasteiger partial charge in [-0.15, -0.1) is 0 Å². The molecule has 0 saturated heterocycles. The Balaban J connectivity index is 3.11. The van der Waals surface area contributed by atoms with Crippen LogP contribution in [0, 0.1) is 0 Å². The maximum absolute atomic E-state index is 11.0. The van der Waals surface area contributed by atoms with E-state index in [4.69, 9.17) is 14.2 Å². The fourth-order valence-electron chi connectivity index (χ4n) is 1.60. The Morgan fingerprint density at radius 3 is 1.65 bits per heavy atom. The van der Waals surface area contributed by atoms with E-state index in [-0.39, 0.29) is 11.5 Å². The summed E-state index contributed by atoms with van der Waals surface area (Å²) in [5, 5.41) is 0. The molecule has 1 atom stereocenters. The largest absolute Gasteiger partial charge is 0.458 e. The molecule has 0 aliphatic heterocycles. The van der Waals surface area contributed by atoms with Crippen LogP contribution in [0.3, 0.4) is 0 Å². The lowest BCUT2D eigenvalue weighted by atomic mass is 10.1. The molecule has 0 aliphatic rings. The quantitative estimate of drug-likeness (QED) is 0.621. The van der Waals surface area contributed by atoms with Crippen molar-refractivity contribution >= 4 is 17.9 Å². The average Bonchev–Trinajstić information content (AvgIpc) is 2.25. The van der Waals surface area contributed by atoms with Crippen molar-refractivity contribution < 1.29 is 28.6 Å². The number of benzene rings is 1. The second-order valence-corrected chi connectivity index (χ2v) is 4.18. The zero-order valence-corrected chi connectivity index (χ0v) is 11.8. The molecule has 0 spiro atoms. The Labute approximate surface area is 116 Å². The Hall–Kier alpha value is -2.37. The first-order chi connectivity index (χ1) is 9.27. The summed E-state index contributed by atoms with van der Waals surface area (Å²) in [5.41, 5.74) is 0.551. The van der Waals surface area contributed by atoms with Crippen LogP contribution in [-0.2, 0) is 19.1 Å². The molecule has 1 unspecified atom stereocenters. The third kappa shape index (κ3) is 5.09. The maximum Gasteiger partial charge on any atom is 0.308 e. The van der Waals surface area contributed by atoms with E-state index in [1.54, 1.807) is 19.1 Å². The van der Waals surface area contributed by atoms with Crippen molar-refractivity contribution in [3.8, 4) is 11.5 Å². The first-order valence-corrected chi connectivity index (χ1v) is 5.97. The molecule has 0 aromatic heterocycles. The van der Waals surface area contributed by atoms with Crippen molar-refractivity contribution in [3.05, 3.63) is 23.8 Å². The summed E-state index contributed by atoms with van der Waals surface area (Å²) >= 11 is 0. The molecule has 1 aromatic carbocycles. The normalized spacial score (nSPS) is 11.4. The summed E-state index contributed by atoms with van der Waals surface area (Å²) in [6.07, 6.45) is -0.558. The highest BCUT2D eigenvalue weighted by atomic mass is 16.6. The third-order valence-electron chi connectivity index (χ3n) is 2.24. The minimum atomic E-state index is -0.558. The predicted molar refractivity (Wildman–Crippen MR) is 69.2 cm³/mol. The number of carbonyl (C=O) groups excluding carboxylic acids is 3. The summed E-state index contributed by atoms with van der Waals surface area (Å²) in [6, 6.07) is 4.50. The molecule has 6 heteroatoms. The van der Waals surface area contributed by atoms with E-state index in [0.717, 1.165) is 0 Å². The Kier molecular flexibility index (Phi) is 5.25. The zero-order chi connectivity index (χ0) is 15.3. The lowest BCUT2D eigenvalue weighted by molar-refractivity contribution is -0.146. The SMILES string of the molecule is CC(=O)Oc1cc(OC(C)=O)cc(C(C)OC(C)=O)c1. The van der Waals surface area contributed by atoms with Gasteiger partial charge in [0.2, 0.25) is 0 Å². The molecule has 0 radical (unpaired) electrons. The van der Waals surface area contributed by atoms with E-state index in [0.29, 0.717) is 5.56 Å². The van der Waals surface area contributed by atoms with E-state index < -0.39 is 24.0 Å². The summed E-state index contributed by atoms with van der Waals surface area (Å²) in [5.74, 6) is -1.02. The number of rotatable bonds is 4. The van der Waals surface area contributed by atoms with Gasteiger partial charge in [-0.1, -0.05) is 0 Å². The number of hydrogen-bond acceptors (Lipinski definition) is 6.